The van der Waals surface area contributed by atoms with Crippen LogP contribution in [0, 0.1) is 0 Å². The molecule has 0 spiro atoms. The molecule has 2 unspecified atom stereocenters. The van der Waals surface area contributed by atoms with Gasteiger partial charge in [-0.25, -0.2) is 0 Å². The van der Waals surface area contributed by atoms with Crippen molar-refractivity contribution in [3.63, 3.8) is 0 Å². The minimum atomic E-state index is -1.80. The highest BCUT2D eigenvalue weighted by Gasteiger charge is 2.45. The van der Waals surface area contributed by atoms with Crippen molar-refractivity contribution in [2.75, 3.05) is 6.61 Å². The molecule has 1 aliphatic heterocycles. The minimum absolute atomic E-state index is 0.0166. The molecule has 1 fully saturated rings. The first-order valence-electron chi connectivity index (χ1n) is 10.2. The maximum Gasteiger partial charge on any atom is 0.262 e. The highest BCUT2D eigenvalue weighted by molar-refractivity contribution is 5.90. The number of aliphatic hydroxyl groups excluding tert-OH is 1. The lowest BCUT2D eigenvalue weighted by atomic mass is 9.85. The van der Waals surface area contributed by atoms with E-state index in [1.54, 1.807) is 24.3 Å². The molecule has 1 saturated heterocycles. The van der Waals surface area contributed by atoms with Crippen molar-refractivity contribution in [2.24, 2.45) is 0 Å². The van der Waals surface area contributed by atoms with Crippen LogP contribution in [0.1, 0.15) is 23.1 Å². The van der Waals surface area contributed by atoms with Crippen molar-refractivity contribution in [1.82, 2.24) is 10.2 Å². The average Bonchev–Trinajstić information content (AvgIpc) is 2.81. The normalized spacial score (nSPS) is 19.1. The number of nitrogens with one attached hydrogen (secondary N) is 1. The summed E-state index contributed by atoms with van der Waals surface area (Å²) in [4.78, 5) is 15.5. The van der Waals surface area contributed by atoms with Crippen LogP contribution in [-0.4, -0.2) is 39.8 Å². The first kappa shape index (κ1) is 20.3. The first-order valence-corrected chi connectivity index (χ1v) is 10.2. The molecule has 0 bridgehead atoms. The minimum Gasteiger partial charge on any atom is -0.395 e. The Morgan fingerprint density at radius 1 is 0.900 bits per heavy atom. The zero-order valence-corrected chi connectivity index (χ0v) is 16.7. The van der Waals surface area contributed by atoms with Crippen LogP contribution < -0.4 is 5.32 Å². The van der Waals surface area contributed by atoms with E-state index in [-0.39, 0.29) is 18.8 Å². The van der Waals surface area contributed by atoms with Crippen molar-refractivity contribution in [3.8, 4) is 0 Å². The Bertz CT molecular complexity index is 924. The van der Waals surface area contributed by atoms with Crippen molar-refractivity contribution < 1.29 is 15.0 Å². The monoisotopic (exact) mass is 402 g/mol. The van der Waals surface area contributed by atoms with Crippen LogP contribution in [0.15, 0.2) is 91.0 Å². The Morgan fingerprint density at radius 3 is 1.90 bits per heavy atom. The summed E-state index contributed by atoms with van der Waals surface area (Å²) >= 11 is 0. The molecule has 0 radical (unpaired) electrons. The molecule has 0 saturated carbocycles. The topological polar surface area (TPSA) is 72.8 Å². The van der Waals surface area contributed by atoms with Gasteiger partial charge in [0.2, 0.25) is 0 Å². The number of nitrogens with zero attached hydrogens (tertiary/aromatic N) is 1. The van der Waals surface area contributed by atoms with Crippen molar-refractivity contribution in [1.29, 1.82) is 0 Å². The van der Waals surface area contributed by atoms with Gasteiger partial charge in [-0.05, 0) is 23.1 Å². The van der Waals surface area contributed by atoms with Crippen LogP contribution in [-0.2, 0) is 16.9 Å². The molecule has 2 atom stereocenters. The Hall–Kier alpha value is -2.99. The van der Waals surface area contributed by atoms with Crippen LogP contribution in [0.3, 0.4) is 0 Å². The highest BCUT2D eigenvalue weighted by Crippen LogP contribution is 2.32. The van der Waals surface area contributed by atoms with Crippen LogP contribution in [0.25, 0.3) is 0 Å². The number of carbonyl (C=O) groups excluding carboxylic acids is 1. The van der Waals surface area contributed by atoms with E-state index in [0.717, 1.165) is 5.56 Å². The van der Waals surface area contributed by atoms with E-state index < -0.39 is 11.5 Å². The third-order valence-corrected chi connectivity index (χ3v) is 5.79. The summed E-state index contributed by atoms with van der Waals surface area (Å²) in [5.41, 5.74) is 0.338. The summed E-state index contributed by atoms with van der Waals surface area (Å²) in [7, 11) is 0. The van der Waals surface area contributed by atoms with Gasteiger partial charge in [-0.1, -0.05) is 91.0 Å². The smallest absolute Gasteiger partial charge is 0.262 e. The molecule has 5 nitrogen and oxygen atoms in total. The van der Waals surface area contributed by atoms with Gasteiger partial charge in [0, 0.05) is 12.6 Å². The number of rotatable bonds is 7. The summed E-state index contributed by atoms with van der Waals surface area (Å²) < 4.78 is 0. The van der Waals surface area contributed by atoms with Gasteiger partial charge in [-0.2, -0.15) is 0 Å². The number of likely N-dealkylation sites (tertiary alicyclic amines) is 1. The van der Waals surface area contributed by atoms with Crippen LogP contribution >= 0.6 is 0 Å². The van der Waals surface area contributed by atoms with E-state index in [9.17, 15) is 15.0 Å². The molecule has 1 amide bonds. The Balaban J connectivity index is 1.58. The molecule has 1 heterocycles. The molecule has 3 aromatic rings. The van der Waals surface area contributed by atoms with Crippen LogP contribution in [0.2, 0.25) is 0 Å². The number of benzene rings is 3. The van der Waals surface area contributed by atoms with Crippen LogP contribution in [0.4, 0.5) is 0 Å². The molecule has 3 aromatic carbocycles. The molecule has 3 N–H and O–H groups in total. The van der Waals surface area contributed by atoms with Gasteiger partial charge in [0.05, 0.1) is 12.8 Å². The lowest BCUT2D eigenvalue weighted by Gasteiger charge is -2.49. The van der Waals surface area contributed by atoms with Gasteiger partial charge in [-0.15, -0.1) is 0 Å². The third-order valence-electron chi connectivity index (χ3n) is 5.79. The SMILES string of the molecule is O=C(NC1CC(CO)N1Cc1ccccc1)C(O)(c1ccccc1)c1ccccc1. The molecule has 5 heteroatoms. The first-order chi connectivity index (χ1) is 14.6. The number of aliphatic hydroxyl groups is 2. The van der Waals surface area contributed by atoms with Crippen molar-refractivity contribution in [3.05, 3.63) is 108 Å². The van der Waals surface area contributed by atoms with Crippen molar-refractivity contribution in [2.45, 2.75) is 30.8 Å². The molecule has 4 rings (SSSR count). The van der Waals surface area contributed by atoms with E-state index in [2.05, 4.69) is 10.2 Å². The summed E-state index contributed by atoms with van der Waals surface area (Å²) in [6.07, 6.45) is 0.378. The van der Waals surface area contributed by atoms with E-state index >= 15 is 0 Å². The fourth-order valence-electron chi connectivity index (χ4n) is 4.04. The Morgan fingerprint density at radius 2 is 1.40 bits per heavy atom. The fourth-order valence-corrected chi connectivity index (χ4v) is 4.04. The summed E-state index contributed by atoms with van der Waals surface area (Å²) in [6.45, 7) is 0.646. The van der Waals surface area contributed by atoms with Gasteiger partial charge in [0.1, 0.15) is 0 Å². The Labute approximate surface area is 176 Å². The van der Waals surface area contributed by atoms with E-state index in [4.69, 9.17) is 0 Å². The molecule has 1 aliphatic rings. The van der Waals surface area contributed by atoms with E-state index in [0.29, 0.717) is 24.1 Å². The zero-order valence-electron chi connectivity index (χ0n) is 16.7. The second-order valence-corrected chi connectivity index (χ2v) is 7.66. The van der Waals surface area contributed by atoms with Crippen molar-refractivity contribution >= 4 is 5.91 Å². The molecule has 154 valence electrons. The van der Waals surface area contributed by atoms with E-state index in [1.165, 1.54) is 0 Å². The summed E-state index contributed by atoms with van der Waals surface area (Å²) in [6, 6.07) is 27.9. The predicted molar refractivity (Wildman–Crippen MR) is 115 cm³/mol. The average molecular weight is 402 g/mol. The molecule has 0 aromatic heterocycles. The number of hydrogen-bond acceptors (Lipinski definition) is 4. The van der Waals surface area contributed by atoms with Gasteiger partial charge >= 0.3 is 0 Å². The maximum atomic E-state index is 13.4. The van der Waals surface area contributed by atoms with Gasteiger partial charge in [-0.3, -0.25) is 9.69 Å². The fraction of sp³-hybridized carbons (Fsp3) is 0.240. The number of amides is 1. The van der Waals surface area contributed by atoms with Gasteiger partial charge < -0.3 is 15.5 Å². The predicted octanol–water partition coefficient (Wildman–Crippen LogP) is 2.63. The van der Waals surface area contributed by atoms with Gasteiger partial charge in [0.15, 0.2) is 5.60 Å². The van der Waals surface area contributed by atoms with Crippen LogP contribution in [0.5, 0.6) is 0 Å². The largest absolute Gasteiger partial charge is 0.395 e. The Kier molecular flexibility index (Phi) is 5.95. The summed E-state index contributed by atoms with van der Waals surface area (Å²) in [5.74, 6) is -0.473. The zero-order chi connectivity index (χ0) is 21.0. The molecule has 0 aliphatic carbocycles. The lowest BCUT2D eigenvalue weighted by Crippen LogP contribution is -2.65. The lowest BCUT2D eigenvalue weighted by molar-refractivity contribution is -0.143. The molecule has 30 heavy (non-hydrogen) atoms. The highest BCUT2D eigenvalue weighted by atomic mass is 16.3. The van der Waals surface area contributed by atoms with E-state index in [1.807, 2.05) is 66.7 Å². The third kappa shape index (κ3) is 3.87. The van der Waals surface area contributed by atoms with Gasteiger partial charge in [0.25, 0.3) is 5.91 Å². The second kappa shape index (κ2) is 8.79. The molecular weight excluding hydrogens is 376 g/mol. The second-order valence-electron chi connectivity index (χ2n) is 7.66. The number of hydrogen-bond donors (Lipinski definition) is 3. The summed E-state index contributed by atoms with van der Waals surface area (Å²) in [5, 5.41) is 24.3. The standard InChI is InChI=1S/C25H26N2O3/c28-18-22-16-23(27(22)17-19-10-4-1-5-11-19)26-24(29)25(30,20-12-6-2-7-13-20)21-14-8-3-9-15-21/h1-15,22-23,28,30H,16-18H2,(H,26,29). The quantitative estimate of drug-likeness (QED) is 0.568. The number of carbonyl (C=O) groups is 1. The maximum absolute atomic E-state index is 13.4. The molecular formula is C25H26N2O3.